The van der Waals surface area contributed by atoms with E-state index in [4.69, 9.17) is 4.42 Å². The summed E-state index contributed by atoms with van der Waals surface area (Å²) in [4.78, 5) is 16.2. The second-order valence-electron chi connectivity index (χ2n) is 5.34. The van der Waals surface area contributed by atoms with Crippen molar-refractivity contribution in [2.24, 2.45) is 5.92 Å². The smallest absolute Gasteiger partial charge is 0.244 e. The van der Waals surface area contributed by atoms with Crippen LogP contribution in [0.5, 0.6) is 0 Å². The van der Waals surface area contributed by atoms with Gasteiger partial charge in [0.05, 0.1) is 0 Å². The monoisotopic (exact) mass is 286 g/mol. The van der Waals surface area contributed by atoms with Gasteiger partial charge in [0.15, 0.2) is 5.58 Å². The highest BCUT2D eigenvalue weighted by molar-refractivity contribution is 5.91. The van der Waals surface area contributed by atoms with Crippen LogP contribution in [0.1, 0.15) is 25.2 Å². The Labute approximate surface area is 122 Å². The van der Waals surface area contributed by atoms with Crippen LogP contribution in [0.15, 0.2) is 34.8 Å². The molecular formula is C16H18N2O3. The van der Waals surface area contributed by atoms with Crippen molar-refractivity contribution in [3.63, 3.8) is 0 Å². The van der Waals surface area contributed by atoms with Gasteiger partial charge in [0.1, 0.15) is 5.52 Å². The number of nitrogens with zero attached hydrogens (tertiary/aromatic N) is 1. The van der Waals surface area contributed by atoms with Crippen molar-refractivity contribution in [2.75, 3.05) is 6.61 Å². The summed E-state index contributed by atoms with van der Waals surface area (Å²) in [5.74, 6) is 0.408. The first-order chi connectivity index (χ1) is 10.3. The lowest BCUT2D eigenvalue weighted by molar-refractivity contribution is -0.117. The SMILES string of the molecule is O=C(/C=C/c1nc2ccccc2o1)NC1CCCC1CO. The van der Waals surface area contributed by atoms with Crippen molar-refractivity contribution in [1.82, 2.24) is 10.3 Å². The predicted molar refractivity (Wildman–Crippen MR) is 79.4 cm³/mol. The molecule has 0 aliphatic heterocycles. The highest BCUT2D eigenvalue weighted by atomic mass is 16.3. The molecule has 1 aromatic carbocycles. The van der Waals surface area contributed by atoms with E-state index in [9.17, 15) is 9.90 Å². The molecule has 21 heavy (non-hydrogen) atoms. The molecule has 1 heterocycles. The number of aliphatic hydroxyl groups excluding tert-OH is 1. The molecule has 1 fully saturated rings. The maximum Gasteiger partial charge on any atom is 0.244 e. The molecule has 0 radical (unpaired) electrons. The zero-order chi connectivity index (χ0) is 14.7. The summed E-state index contributed by atoms with van der Waals surface area (Å²) in [5.41, 5.74) is 1.47. The molecule has 1 aliphatic carbocycles. The summed E-state index contributed by atoms with van der Waals surface area (Å²) in [6.45, 7) is 0.125. The summed E-state index contributed by atoms with van der Waals surface area (Å²) < 4.78 is 5.51. The maximum absolute atomic E-state index is 11.9. The summed E-state index contributed by atoms with van der Waals surface area (Å²) in [7, 11) is 0. The fraction of sp³-hybridized carbons (Fsp3) is 0.375. The number of carbonyl (C=O) groups excluding carboxylic acids is 1. The number of rotatable bonds is 4. The molecular weight excluding hydrogens is 268 g/mol. The van der Waals surface area contributed by atoms with E-state index in [1.165, 1.54) is 6.08 Å². The van der Waals surface area contributed by atoms with Crippen LogP contribution >= 0.6 is 0 Å². The topological polar surface area (TPSA) is 75.4 Å². The standard InChI is InChI=1S/C16H18N2O3/c19-10-11-4-3-6-12(11)17-15(20)8-9-16-18-13-5-1-2-7-14(13)21-16/h1-2,5,7-9,11-12,19H,3-4,6,10H2,(H,17,20)/b9-8+. The first kappa shape index (κ1) is 13.8. The third-order valence-electron chi connectivity index (χ3n) is 3.91. The van der Waals surface area contributed by atoms with Gasteiger partial charge >= 0.3 is 0 Å². The number of hydrogen-bond acceptors (Lipinski definition) is 4. The van der Waals surface area contributed by atoms with E-state index in [2.05, 4.69) is 10.3 Å². The number of carbonyl (C=O) groups is 1. The molecule has 0 saturated heterocycles. The second kappa shape index (κ2) is 6.10. The average molecular weight is 286 g/mol. The third-order valence-corrected chi connectivity index (χ3v) is 3.91. The molecule has 0 bridgehead atoms. The van der Waals surface area contributed by atoms with Crippen molar-refractivity contribution < 1.29 is 14.3 Å². The maximum atomic E-state index is 11.9. The van der Waals surface area contributed by atoms with Crippen LogP contribution < -0.4 is 5.32 Å². The molecule has 1 aromatic heterocycles. The molecule has 1 saturated carbocycles. The Balaban J connectivity index is 1.63. The number of benzene rings is 1. The lowest BCUT2D eigenvalue weighted by Gasteiger charge is -2.17. The highest BCUT2D eigenvalue weighted by Crippen LogP contribution is 2.25. The first-order valence-electron chi connectivity index (χ1n) is 7.21. The molecule has 2 N–H and O–H groups in total. The lowest BCUT2D eigenvalue weighted by atomic mass is 10.1. The van der Waals surface area contributed by atoms with Gasteiger partial charge in [-0.2, -0.15) is 0 Å². The van der Waals surface area contributed by atoms with Crippen LogP contribution in [0.4, 0.5) is 0 Å². The molecule has 1 aliphatic rings. The molecule has 1 amide bonds. The number of hydrogen-bond donors (Lipinski definition) is 2. The van der Waals surface area contributed by atoms with E-state index < -0.39 is 0 Å². The van der Waals surface area contributed by atoms with E-state index in [0.29, 0.717) is 11.5 Å². The Hall–Kier alpha value is -2.14. The second-order valence-corrected chi connectivity index (χ2v) is 5.34. The van der Waals surface area contributed by atoms with Crippen LogP contribution in [0.25, 0.3) is 17.2 Å². The van der Waals surface area contributed by atoms with Gasteiger partial charge in [-0.25, -0.2) is 4.98 Å². The number of amides is 1. The summed E-state index contributed by atoms with van der Waals surface area (Å²) >= 11 is 0. The van der Waals surface area contributed by atoms with Crippen molar-refractivity contribution >= 4 is 23.1 Å². The highest BCUT2D eigenvalue weighted by Gasteiger charge is 2.27. The molecule has 2 unspecified atom stereocenters. The summed E-state index contributed by atoms with van der Waals surface area (Å²) in [5, 5.41) is 12.2. The molecule has 2 aromatic rings. The van der Waals surface area contributed by atoms with Gasteiger partial charge in [-0.05, 0) is 25.0 Å². The largest absolute Gasteiger partial charge is 0.437 e. The van der Waals surface area contributed by atoms with Gasteiger partial charge < -0.3 is 14.8 Å². The van der Waals surface area contributed by atoms with Gasteiger partial charge in [-0.1, -0.05) is 18.6 Å². The predicted octanol–water partition coefficient (Wildman–Crippen LogP) is 2.12. The zero-order valence-electron chi connectivity index (χ0n) is 11.7. The van der Waals surface area contributed by atoms with Crippen LogP contribution in [-0.2, 0) is 4.79 Å². The van der Waals surface area contributed by atoms with Gasteiger partial charge in [0, 0.05) is 30.7 Å². The Morgan fingerprint density at radius 3 is 3.10 bits per heavy atom. The third kappa shape index (κ3) is 3.13. The number of para-hydroxylation sites is 2. The number of fused-ring (bicyclic) bond motifs is 1. The zero-order valence-corrected chi connectivity index (χ0v) is 11.7. The van der Waals surface area contributed by atoms with Crippen molar-refractivity contribution in [3.05, 3.63) is 36.2 Å². The minimum Gasteiger partial charge on any atom is -0.437 e. The van der Waals surface area contributed by atoms with E-state index >= 15 is 0 Å². The van der Waals surface area contributed by atoms with Gasteiger partial charge in [-0.15, -0.1) is 0 Å². The van der Waals surface area contributed by atoms with E-state index in [1.807, 2.05) is 24.3 Å². The summed E-state index contributed by atoms with van der Waals surface area (Å²) in [6.07, 6.45) is 5.94. The van der Waals surface area contributed by atoms with Crippen molar-refractivity contribution in [1.29, 1.82) is 0 Å². The lowest BCUT2D eigenvalue weighted by Crippen LogP contribution is -2.37. The normalized spacial score (nSPS) is 22.1. The first-order valence-corrected chi connectivity index (χ1v) is 7.21. The minimum absolute atomic E-state index is 0.0655. The quantitative estimate of drug-likeness (QED) is 0.844. The Bertz CT molecular complexity index is 629. The van der Waals surface area contributed by atoms with Crippen LogP contribution in [0.2, 0.25) is 0 Å². The number of aliphatic hydroxyl groups is 1. The van der Waals surface area contributed by atoms with Crippen LogP contribution in [0.3, 0.4) is 0 Å². The molecule has 3 rings (SSSR count). The van der Waals surface area contributed by atoms with E-state index in [1.54, 1.807) is 6.08 Å². The minimum atomic E-state index is -0.178. The van der Waals surface area contributed by atoms with Crippen LogP contribution in [0, 0.1) is 5.92 Å². The van der Waals surface area contributed by atoms with E-state index in [-0.39, 0.29) is 24.5 Å². The average Bonchev–Trinajstić information content (AvgIpc) is 3.10. The number of oxazole rings is 1. The van der Waals surface area contributed by atoms with Crippen molar-refractivity contribution in [3.8, 4) is 0 Å². The Kier molecular flexibility index (Phi) is 4.01. The van der Waals surface area contributed by atoms with Gasteiger partial charge in [-0.3, -0.25) is 4.79 Å². The fourth-order valence-electron chi connectivity index (χ4n) is 2.78. The Morgan fingerprint density at radius 1 is 1.43 bits per heavy atom. The van der Waals surface area contributed by atoms with Crippen LogP contribution in [-0.4, -0.2) is 28.6 Å². The number of aromatic nitrogens is 1. The Morgan fingerprint density at radius 2 is 2.29 bits per heavy atom. The summed E-state index contributed by atoms with van der Waals surface area (Å²) in [6, 6.07) is 7.53. The number of nitrogens with one attached hydrogen (secondary N) is 1. The van der Waals surface area contributed by atoms with Gasteiger partial charge in [0.25, 0.3) is 0 Å². The van der Waals surface area contributed by atoms with Gasteiger partial charge in [0.2, 0.25) is 11.8 Å². The molecule has 2 atom stereocenters. The van der Waals surface area contributed by atoms with E-state index in [0.717, 1.165) is 24.8 Å². The molecule has 5 nitrogen and oxygen atoms in total. The van der Waals surface area contributed by atoms with Crippen molar-refractivity contribution in [2.45, 2.75) is 25.3 Å². The molecule has 0 spiro atoms. The molecule has 5 heteroatoms. The fourth-order valence-corrected chi connectivity index (χ4v) is 2.78. The molecule has 110 valence electrons.